The summed E-state index contributed by atoms with van der Waals surface area (Å²) >= 11 is 0. The molecule has 0 bridgehead atoms. The van der Waals surface area contributed by atoms with Gasteiger partial charge in [-0.15, -0.1) is 0 Å². The topological polar surface area (TPSA) is 101 Å². The van der Waals surface area contributed by atoms with Gasteiger partial charge < -0.3 is 16.2 Å². The minimum absolute atomic E-state index is 0.129. The van der Waals surface area contributed by atoms with Gasteiger partial charge >= 0.3 is 5.97 Å². The van der Waals surface area contributed by atoms with Crippen LogP contribution in [0, 0.1) is 5.41 Å². The van der Waals surface area contributed by atoms with Crippen LogP contribution in [0.5, 0.6) is 0 Å². The fourth-order valence-electron chi connectivity index (χ4n) is 4.21. The molecule has 1 aromatic heterocycles. The van der Waals surface area contributed by atoms with Crippen molar-refractivity contribution in [2.45, 2.75) is 57.0 Å². The van der Waals surface area contributed by atoms with E-state index in [0.717, 1.165) is 35.5 Å². The Hall–Kier alpha value is -2.47. The fraction of sp³-hybridized carbons (Fsp3) is 0.476. The Kier molecular flexibility index (Phi) is 4.83. The molecule has 2 aliphatic rings. The van der Waals surface area contributed by atoms with E-state index >= 15 is 0 Å². The molecule has 142 valence electrons. The molecule has 0 saturated heterocycles. The number of hydrogen-bond donors (Lipinski definition) is 3. The lowest BCUT2D eigenvalue weighted by Crippen LogP contribution is -2.29. The number of hydrogen-bond acceptors (Lipinski definition) is 5. The molecular formula is C21H26N4O2. The van der Waals surface area contributed by atoms with E-state index in [9.17, 15) is 4.79 Å². The minimum Gasteiger partial charge on any atom is -0.481 e. The molecule has 27 heavy (non-hydrogen) atoms. The van der Waals surface area contributed by atoms with Crippen LogP contribution in [0.25, 0.3) is 11.3 Å². The zero-order valence-corrected chi connectivity index (χ0v) is 15.4. The number of aliphatic carboxylic acids is 1. The Morgan fingerprint density at radius 1 is 1.30 bits per heavy atom. The summed E-state index contributed by atoms with van der Waals surface area (Å²) in [6, 6.07) is 8.71. The van der Waals surface area contributed by atoms with E-state index in [-0.39, 0.29) is 6.42 Å². The molecule has 1 spiro atoms. The van der Waals surface area contributed by atoms with Crippen LogP contribution in [0.1, 0.15) is 44.1 Å². The lowest BCUT2D eigenvalue weighted by molar-refractivity contribution is -0.136. The first-order valence-electron chi connectivity index (χ1n) is 9.69. The second-order valence-electron chi connectivity index (χ2n) is 7.98. The smallest absolute Gasteiger partial charge is 0.303 e. The minimum atomic E-state index is -0.784. The van der Waals surface area contributed by atoms with Crippen LogP contribution in [0.4, 0.5) is 5.82 Å². The van der Waals surface area contributed by atoms with Gasteiger partial charge in [-0.3, -0.25) is 9.78 Å². The van der Waals surface area contributed by atoms with Crippen molar-refractivity contribution >= 4 is 11.8 Å². The van der Waals surface area contributed by atoms with E-state index in [1.807, 2.05) is 24.3 Å². The predicted octanol–water partition coefficient (Wildman–Crippen LogP) is 3.23. The zero-order valence-electron chi connectivity index (χ0n) is 15.4. The number of aryl methyl sites for hydroxylation is 1. The lowest BCUT2D eigenvalue weighted by atomic mass is 9.83. The standard InChI is InChI=1S/C21H26N4O2/c22-16-6-8-21(9-7-16)11-18(21)25-19-13-23-12-17(24-19)15-3-1-2-14(10-15)4-5-20(26)27/h1-3,10,12-13,16,18H,4-9,11,22H2,(H,24,25)(H,26,27)/t16?,18-,21?/m0/s1. The summed E-state index contributed by atoms with van der Waals surface area (Å²) < 4.78 is 0. The van der Waals surface area contributed by atoms with Crippen LogP contribution >= 0.6 is 0 Å². The summed E-state index contributed by atoms with van der Waals surface area (Å²) in [7, 11) is 0. The second-order valence-corrected chi connectivity index (χ2v) is 7.98. The Balaban J connectivity index is 1.44. The summed E-state index contributed by atoms with van der Waals surface area (Å²) in [5, 5.41) is 12.4. The number of aromatic nitrogens is 2. The highest BCUT2D eigenvalue weighted by atomic mass is 16.4. The fourth-order valence-corrected chi connectivity index (χ4v) is 4.21. The van der Waals surface area contributed by atoms with Gasteiger partial charge in [-0.25, -0.2) is 4.98 Å². The predicted molar refractivity (Wildman–Crippen MR) is 104 cm³/mol. The van der Waals surface area contributed by atoms with E-state index in [4.69, 9.17) is 15.8 Å². The number of nitrogens with two attached hydrogens (primary N) is 1. The maximum atomic E-state index is 10.8. The van der Waals surface area contributed by atoms with Crippen LogP contribution < -0.4 is 11.1 Å². The van der Waals surface area contributed by atoms with Crippen molar-refractivity contribution in [3.63, 3.8) is 0 Å². The molecule has 2 saturated carbocycles. The molecule has 2 fully saturated rings. The largest absolute Gasteiger partial charge is 0.481 e. The molecule has 1 aromatic carbocycles. The van der Waals surface area contributed by atoms with Crippen LogP contribution in [-0.2, 0) is 11.2 Å². The monoisotopic (exact) mass is 366 g/mol. The van der Waals surface area contributed by atoms with Crippen LogP contribution in [0.2, 0.25) is 0 Å². The number of nitrogens with zero attached hydrogens (tertiary/aromatic N) is 2. The number of carbonyl (C=O) groups is 1. The number of anilines is 1. The molecule has 4 N–H and O–H groups in total. The van der Waals surface area contributed by atoms with Crippen molar-refractivity contribution in [1.29, 1.82) is 0 Å². The zero-order chi connectivity index (χ0) is 18.9. The number of nitrogens with one attached hydrogen (secondary N) is 1. The summed E-state index contributed by atoms with van der Waals surface area (Å²) in [4.78, 5) is 19.9. The first-order valence-corrected chi connectivity index (χ1v) is 9.69. The summed E-state index contributed by atoms with van der Waals surface area (Å²) in [6.45, 7) is 0. The summed E-state index contributed by atoms with van der Waals surface area (Å²) in [5.41, 5.74) is 9.21. The highest BCUT2D eigenvalue weighted by molar-refractivity contribution is 5.67. The van der Waals surface area contributed by atoms with Crippen molar-refractivity contribution in [2.24, 2.45) is 11.1 Å². The number of carboxylic acids is 1. The molecule has 1 heterocycles. The number of carboxylic acid groups (broad SMARTS) is 1. The quantitative estimate of drug-likeness (QED) is 0.725. The first kappa shape index (κ1) is 17.9. The van der Waals surface area contributed by atoms with Gasteiger partial charge in [0.2, 0.25) is 0 Å². The van der Waals surface area contributed by atoms with Crippen molar-refractivity contribution in [3.05, 3.63) is 42.2 Å². The second kappa shape index (κ2) is 7.27. The normalized spacial score (nSPS) is 26.7. The molecule has 6 heteroatoms. The van der Waals surface area contributed by atoms with E-state index in [2.05, 4.69) is 10.3 Å². The molecule has 2 aliphatic carbocycles. The molecular weight excluding hydrogens is 340 g/mol. The maximum absolute atomic E-state index is 10.8. The van der Waals surface area contributed by atoms with Gasteiger partial charge in [-0.1, -0.05) is 18.2 Å². The van der Waals surface area contributed by atoms with Gasteiger partial charge in [-0.05, 0) is 55.6 Å². The lowest BCUT2D eigenvalue weighted by Gasteiger charge is -2.27. The van der Waals surface area contributed by atoms with Gasteiger partial charge in [0.25, 0.3) is 0 Å². The SMILES string of the molecule is NC1CCC2(CC1)C[C@@H]2Nc1cncc(-c2cccc(CCC(=O)O)c2)n1. The maximum Gasteiger partial charge on any atom is 0.303 e. The van der Waals surface area contributed by atoms with Gasteiger partial charge in [0.05, 0.1) is 18.1 Å². The van der Waals surface area contributed by atoms with Crippen molar-refractivity contribution < 1.29 is 9.90 Å². The summed E-state index contributed by atoms with van der Waals surface area (Å²) in [5.74, 6) is 0.0219. The molecule has 1 atom stereocenters. The third-order valence-electron chi connectivity index (χ3n) is 6.02. The van der Waals surface area contributed by atoms with Gasteiger partial charge in [0.15, 0.2) is 0 Å². The van der Waals surface area contributed by atoms with E-state index in [1.54, 1.807) is 12.4 Å². The first-order chi connectivity index (χ1) is 13.0. The van der Waals surface area contributed by atoms with E-state index in [0.29, 0.717) is 23.9 Å². The average molecular weight is 366 g/mol. The Bertz CT molecular complexity index is 830. The Labute approximate surface area is 159 Å². The van der Waals surface area contributed by atoms with Crippen LogP contribution in [0.15, 0.2) is 36.7 Å². The molecule has 0 unspecified atom stereocenters. The highest BCUT2D eigenvalue weighted by Crippen LogP contribution is 2.57. The van der Waals surface area contributed by atoms with E-state index in [1.165, 1.54) is 19.3 Å². The van der Waals surface area contributed by atoms with Gasteiger partial charge in [0, 0.05) is 24.1 Å². The Morgan fingerprint density at radius 2 is 2.11 bits per heavy atom. The van der Waals surface area contributed by atoms with Gasteiger partial charge in [0.1, 0.15) is 5.82 Å². The third kappa shape index (κ3) is 4.11. The molecule has 0 amide bonds. The summed E-state index contributed by atoms with van der Waals surface area (Å²) in [6.07, 6.45) is 10.00. The molecule has 0 radical (unpaired) electrons. The molecule has 0 aliphatic heterocycles. The molecule has 2 aromatic rings. The van der Waals surface area contributed by atoms with Crippen LogP contribution in [0.3, 0.4) is 0 Å². The highest BCUT2D eigenvalue weighted by Gasteiger charge is 2.54. The molecule has 4 rings (SSSR count). The van der Waals surface area contributed by atoms with Crippen molar-refractivity contribution in [2.75, 3.05) is 5.32 Å². The third-order valence-corrected chi connectivity index (χ3v) is 6.02. The van der Waals surface area contributed by atoms with Crippen molar-refractivity contribution in [1.82, 2.24) is 9.97 Å². The van der Waals surface area contributed by atoms with Crippen molar-refractivity contribution in [3.8, 4) is 11.3 Å². The van der Waals surface area contributed by atoms with Crippen LogP contribution in [-0.4, -0.2) is 33.1 Å². The average Bonchev–Trinajstić information content (AvgIpc) is 3.34. The Morgan fingerprint density at radius 3 is 2.89 bits per heavy atom. The molecule has 6 nitrogen and oxygen atoms in total. The van der Waals surface area contributed by atoms with E-state index < -0.39 is 5.97 Å². The van der Waals surface area contributed by atoms with Gasteiger partial charge in [-0.2, -0.15) is 0 Å². The number of rotatable bonds is 6. The number of benzene rings is 1.